The van der Waals surface area contributed by atoms with Gasteiger partial charge in [0.05, 0.1) is 35.5 Å². The number of para-hydroxylation sites is 1. The Hall–Kier alpha value is -4.43. The number of nitrogens with one attached hydrogen (secondary N) is 1. The third kappa shape index (κ3) is 6.10. The number of carbonyl (C=O) groups is 1. The Morgan fingerprint density at radius 1 is 0.868 bits per heavy atom. The molecule has 4 aromatic carbocycles. The number of nitrogens with zero attached hydrogens (tertiary/aromatic N) is 2. The van der Waals surface area contributed by atoms with Crippen molar-refractivity contribution in [3.05, 3.63) is 125 Å². The standard InChI is InChI=1S/C30H29N3O4S/c1-22-13-19-27(20-14-22)38(35,36)33(21-24-9-5-4-6-10-24)29-12-8-7-11-28(29)30(34)32-31-23(2)25-15-17-26(37-3)18-16-25/h4-20H,21H2,1-3H3,(H,32,34). The third-order valence-electron chi connectivity index (χ3n) is 6.03. The van der Waals surface area contributed by atoms with Crippen molar-refractivity contribution in [2.45, 2.75) is 25.3 Å². The summed E-state index contributed by atoms with van der Waals surface area (Å²) in [7, 11) is -2.41. The van der Waals surface area contributed by atoms with Crippen LogP contribution in [0.3, 0.4) is 0 Å². The molecule has 0 unspecified atom stereocenters. The van der Waals surface area contributed by atoms with Crippen LogP contribution in [0.1, 0.15) is 34.0 Å². The summed E-state index contributed by atoms with van der Waals surface area (Å²) in [6.45, 7) is 3.72. The van der Waals surface area contributed by atoms with E-state index < -0.39 is 15.9 Å². The average molecular weight is 528 g/mol. The van der Waals surface area contributed by atoms with Crippen molar-refractivity contribution in [2.75, 3.05) is 11.4 Å². The number of sulfonamides is 1. The first kappa shape index (κ1) is 26.6. The van der Waals surface area contributed by atoms with Crippen molar-refractivity contribution < 1.29 is 17.9 Å². The molecule has 0 aliphatic heterocycles. The van der Waals surface area contributed by atoms with E-state index in [1.165, 1.54) is 4.31 Å². The van der Waals surface area contributed by atoms with Gasteiger partial charge in [-0.25, -0.2) is 13.8 Å². The minimum atomic E-state index is -4.00. The van der Waals surface area contributed by atoms with Crippen LogP contribution in [-0.4, -0.2) is 27.1 Å². The van der Waals surface area contributed by atoms with E-state index in [1.807, 2.05) is 61.5 Å². The summed E-state index contributed by atoms with van der Waals surface area (Å²) >= 11 is 0. The first-order chi connectivity index (χ1) is 18.3. The minimum Gasteiger partial charge on any atom is -0.497 e. The van der Waals surface area contributed by atoms with E-state index in [0.29, 0.717) is 11.5 Å². The van der Waals surface area contributed by atoms with E-state index in [9.17, 15) is 13.2 Å². The maximum atomic E-state index is 13.9. The van der Waals surface area contributed by atoms with Gasteiger partial charge in [0, 0.05) is 0 Å². The number of carbonyl (C=O) groups excluding carboxylic acids is 1. The predicted octanol–water partition coefficient (Wildman–Crippen LogP) is 5.55. The Morgan fingerprint density at radius 2 is 1.50 bits per heavy atom. The average Bonchev–Trinajstić information content (AvgIpc) is 2.95. The quantitative estimate of drug-likeness (QED) is 0.228. The summed E-state index contributed by atoms with van der Waals surface area (Å²) in [5.74, 6) is 0.193. The second-order valence-corrected chi connectivity index (χ2v) is 10.6. The molecular formula is C30H29N3O4S. The second-order valence-electron chi connectivity index (χ2n) is 8.69. The van der Waals surface area contributed by atoms with Gasteiger partial charge in [0.2, 0.25) is 0 Å². The Bertz CT molecular complexity index is 1530. The highest BCUT2D eigenvalue weighted by atomic mass is 32.2. The molecule has 1 amide bonds. The summed E-state index contributed by atoms with van der Waals surface area (Å²) in [4.78, 5) is 13.4. The maximum absolute atomic E-state index is 13.9. The molecule has 0 radical (unpaired) electrons. The molecule has 0 saturated heterocycles. The first-order valence-corrected chi connectivity index (χ1v) is 13.4. The SMILES string of the molecule is COc1ccc(C(C)=NNC(=O)c2ccccc2N(Cc2ccccc2)S(=O)(=O)c2ccc(C)cc2)cc1. The molecule has 0 bridgehead atoms. The van der Waals surface area contributed by atoms with Gasteiger partial charge >= 0.3 is 0 Å². The van der Waals surface area contributed by atoms with Crippen LogP contribution >= 0.6 is 0 Å². The lowest BCUT2D eigenvalue weighted by atomic mass is 10.1. The van der Waals surface area contributed by atoms with Crippen molar-refractivity contribution in [3.63, 3.8) is 0 Å². The highest BCUT2D eigenvalue weighted by Crippen LogP contribution is 2.29. The number of rotatable bonds is 9. The van der Waals surface area contributed by atoms with Gasteiger partial charge in [-0.2, -0.15) is 5.10 Å². The summed E-state index contributed by atoms with van der Waals surface area (Å²) in [5, 5.41) is 4.25. The van der Waals surface area contributed by atoms with Crippen LogP contribution in [0.25, 0.3) is 0 Å². The summed E-state index contributed by atoms with van der Waals surface area (Å²) in [5.41, 5.74) is 6.16. The van der Waals surface area contributed by atoms with Crippen molar-refractivity contribution in [2.24, 2.45) is 5.10 Å². The van der Waals surface area contributed by atoms with Crippen LogP contribution in [-0.2, 0) is 16.6 Å². The Balaban J connectivity index is 1.70. The molecule has 8 heteroatoms. The number of hydrogen-bond donors (Lipinski definition) is 1. The fourth-order valence-corrected chi connectivity index (χ4v) is 5.33. The van der Waals surface area contributed by atoms with Gasteiger partial charge in [-0.1, -0.05) is 60.2 Å². The second kappa shape index (κ2) is 11.7. The van der Waals surface area contributed by atoms with Crippen molar-refractivity contribution >= 4 is 27.3 Å². The van der Waals surface area contributed by atoms with Crippen LogP contribution in [0.5, 0.6) is 5.75 Å². The monoisotopic (exact) mass is 527 g/mol. The summed E-state index contributed by atoms with van der Waals surface area (Å²) in [6.07, 6.45) is 0. The van der Waals surface area contributed by atoms with Crippen LogP contribution in [0.2, 0.25) is 0 Å². The highest BCUT2D eigenvalue weighted by Gasteiger charge is 2.28. The Morgan fingerprint density at radius 3 is 2.16 bits per heavy atom. The summed E-state index contributed by atoms with van der Waals surface area (Å²) in [6, 6.07) is 29.8. The molecule has 4 aromatic rings. The molecule has 0 spiro atoms. The molecule has 1 N–H and O–H groups in total. The molecule has 7 nitrogen and oxygen atoms in total. The lowest BCUT2D eigenvalue weighted by Crippen LogP contribution is -2.33. The minimum absolute atomic E-state index is 0.0511. The van der Waals surface area contributed by atoms with E-state index in [2.05, 4.69) is 10.5 Å². The molecule has 194 valence electrons. The molecule has 0 aliphatic rings. The van der Waals surface area contributed by atoms with E-state index in [4.69, 9.17) is 4.74 Å². The molecule has 0 fully saturated rings. The fraction of sp³-hybridized carbons (Fsp3) is 0.133. The van der Waals surface area contributed by atoms with Gasteiger partial charge in [-0.15, -0.1) is 0 Å². The van der Waals surface area contributed by atoms with E-state index in [-0.39, 0.29) is 22.7 Å². The van der Waals surface area contributed by atoms with Gasteiger partial charge in [-0.3, -0.25) is 9.10 Å². The Kier molecular flexibility index (Phi) is 8.23. The zero-order chi connectivity index (χ0) is 27.1. The summed E-state index contributed by atoms with van der Waals surface area (Å²) < 4.78 is 34.2. The number of ether oxygens (including phenoxy) is 1. The van der Waals surface area contributed by atoms with Crippen molar-refractivity contribution in [1.82, 2.24) is 5.43 Å². The number of methoxy groups -OCH3 is 1. The predicted molar refractivity (Wildman–Crippen MR) is 150 cm³/mol. The number of benzene rings is 4. The smallest absolute Gasteiger partial charge is 0.273 e. The molecule has 0 aliphatic carbocycles. The normalized spacial score (nSPS) is 11.6. The largest absolute Gasteiger partial charge is 0.497 e. The number of hydrazone groups is 1. The van der Waals surface area contributed by atoms with Gasteiger partial charge < -0.3 is 4.74 Å². The van der Waals surface area contributed by atoms with Gasteiger partial charge in [0.15, 0.2) is 0 Å². The maximum Gasteiger partial charge on any atom is 0.273 e. The number of amides is 1. The van der Waals surface area contributed by atoms with Gasteiger partial charge in [0.1, 0.15) is 5.75 Å². The Labute approximate surface area is 223 Å². The lowest BCUT2D eigenvalue weighted by molar-refractivity contribution is 0.0955. The van der Waals surface area contributed by atoms with Gasteiger partial charge in [-0.05, 0) is 73.5 Å². The number of aryl methyl sites for hydroxylation is 1. The molecule has 0 heterocycles. The molecule has 0 atom stereocenters. The number of hydrogen-bond acceptors (Lipinski definition) is 5. The topological polar surface area (TPSA) is 88.1 Å². The zero-order valence-corrected chi connectivity index (χ0v) is 22.3. The first-order valence-electron chi connectivity index (χ1n) is 12.0. The van der Waals surface area contributed by atoms with E-state index in [1.54, 1.807) is 62.6 Å². The van der Waals surface area contributed by atoms with Crippen molar-refractivity contribution in [3.8, 4) is 5.75 Å². The van der Waals surface area contributed by atoms with E-state index >= 15 is 0 Å². The fourth-order valence-electron chi connectivity index (χ4n) is 3.86. The number of anilines is 1. The molecular weight excluding hydrogens is 498 g/mol. The zero-order valence-electron chi connectivity index (χ0n) is 21.5. The van der Waals surface area contributed by atoms with Crippen LogP contribution in [0, 0.1) is 6.92 Å². The lowest BCUT2D eigenvalue weighted by Gasteiger charge is -2.26. The van der Waals surface area contributed by atoms with Gasteiger partial charge in [0.25, 0.3) is 15.9 Å². The molecule has 0 aromatic heterocycles. The third-order valence-corrected chi connectivity index (χ3v) is 7.80. The van der Waals surface area contributed by atoms with Crippen LogP contribution in [0.15, 0.2) is 113 Å². The van der Waals surface area contributed by atoms with E-state index in [0.717, 1.165) is 16.7 Å². The van der Waals surface area contributed by atoms with Crippen LogP contribution < -0.4 is 14.5 Å². The molecule has 0 saturated carbocycles. The molecule has 38 heavy (non-hydrogen) atoms. The van der Waals surface area contributed by atoms with Crippen molar-refractivity contribution in [1.29, 1.82) is 0 Å². The highest BCUT2D eigenvalue weighted by molar-refractivity contribution is 7.92. The molecule has 4 rings (SSSR count). The van der Waals surface area contributed by atoms with Crippen LogP contribution in [0.4, 0.5) is 5.69 Å².